The van der Waals surface area contributed by atoms with Crippen LogP contribution in [-0.4, -0.2) is 41.0 Å². The van der Waals surface area contributed by atoms with Crippen LogP contribution in [-0.2, 0) is 11.2 Å². The van der Waals surface area contributed by atoms with Crippen molar-refractivity contribution in [2.24, 2.45) is 5.92 Å². The van der Waals surface area contributed by atoms with Crippen molar-refractivity contribution in [1.82, 2.24) is 15.2 Å². The number of amides is 1. The molecular weight excluding hydrogens is 298 g/mol. The minimum Gasteiger partial charge on any atom is -0.361 e. The van der Waals surface area contributed by atoms with E-state index in [1.807, 2.05) is 20.8 Å². The highest BCUT2D eigenvalue weighted by atomic mass is 16.2. The van der Waals surface area contributed by atoms with E-state index in [1.165, 1.54) is 22.0 Å². The van der Waals surface area contributed by atoms with Gasteiger partial charge in [-0.1, -0.05) is 12.1 Å². The lowest BCUT2D eigenvalue weighted by Crippen LogP contribution is -2.53. The topological polar surface area (TPSA) is 48.1 Å². The van der Waals surface area contributed by atoms with Crippen molar-refractivity contribution < 1.29 is 4.79 Å². The van der Waals surface area contributed by atoms with Crippen molar-refractivity contribution in [1.29, 1.82) is 0 Å². The number of H-pyrrole nitrogens is 1. The molecule has 4 heteroatoms. The Morgan fingerprint density at radius 3 is 2.88 bits per heavy atom. The Balaban J connectivity index is 1.67. The summed E-state index contributed by atoms with van der Waals surface area (Å²) < 4.78 is 0. The second kappa shape index (κ2) is 5.35. The Labute approximate surface area is 143 Å². The number of rotatable bonds is 1. The molecule has 1 saturated heterocycles. The van der Waals surface area contributed by atoms with Gasteiger partial charge < -0.3 is 15.2 Å². The van der Waals surface area contributed by atoms with Gasteiger partial charge >= 0.3 is 0 Å². The van der Waals surface area contributed by atoms with E-state index in [9.17, 15) is 4.79 Å². The number of aromatic nitrogens is 1. The zero-order chi connectivity index (χ0) is 17.1. The lowest BCUT2D eigenvalue weighted by molar-refractivity contribution is -0.128. The number of hydrogen-bond acceptors (Lipinski definition) is 2. The monoisotopic (exact) mass is 325 g/mol. The van der Waals surface area contributed by atoms with E-state index >= 15 is 0 Å². The van der Waals surface area contributed by atoms with Crippen LogP contribution in [0.5, 0.6) is 0 Å². The van der Waals surface area contributed by atoms with Crippen molar-refractivity contribution in [3.05, 3.63) is 35.5 Å². The summed E-state index contributed by atoms with van der Waals surface area (Å²) in [7, 11) is 2.17. The Morgan fingerprint density at radius 2 is 2.12 bits per heavy atom. The fraction of sp³-hybridized carbons (Fsp3) is 0.550. The number of fused-ring (bicyclic) bond motifs is 2. The van der Waals surface area contributed by atoms with Gasteiger partial charge in [0.25, 0.3) is 0 Å². The van der Waals surface area contributed by atoms with Gasteiger partial charge in [0, 0.05) is 41.1 Å². The van der Waals surface area contributed by atoms with Gasteiger partial charge in [-0.25, -0.2) is 0 Å². The molecule has 2 heterocycles. The number of carbonyl (C=O) groups excluding carboxylic acids is 1. The molecule has 24 heavy (non-hydrogen) atoms. The molecule has 1 fully saturated rings. The van der Waals surface area contributed by atoms with Crippen LogP contribution in [0.15, 0.2) is 24.4 Å². The van der Waals surface area contributed by atoms with Gasteiger partial charge in [0.2, 0.25) is 5.91 Å². The van der Waals surface area contributed by atoms with Crippen molar-refractivity contribution in [2.75, 3.05) is 13.6 Å². The third kappa shape index (κ3) is 2.53. The normalized spacial score (nSPS) is 27.1. The summed E-state index contributed by atoms with van der Waals surface area (Å²) in [5, 5.41) is 4.56. The Hall–Kier alpha value is -1.81. The van der Waals surface area contributed by atoms with Gasteiger partial charge in [-0.3, -0.25) is 4.79 Å². The predicted molar refractivity (Wildman–Crippen MR) is 97.2 cm³/mol. The van der Waals surface area contributed by atoms with Crippen LogP contribution >= 0.6 is 0 Å². The summed E-state index contributed by atoms with van der Waals surface area (Å²) in [5.74, 6) is 0.692. The first kappa shape index (κ1) is 15.7. The first-order valence-corrected chi connectivity index (χ1v) is 8.94. The van der Waals surface area contributed by atoms with Gasteiger partial charge in [0.15, 0.2) is 0 Å². The van der Waals surface area contributed by atoms with Crippen molar-refractivity contribution >= 4 is 16.8 Å². The first-order valence-electron chi connectivity index (χ1n) is 8.94. The Kier molecular flexibility index (Phi) is 3.50. The van der Waals surface area contributed by atoms with Crippen molar-refractivity contribution in [3.63, 3.8) is 0 Å². The number of aromatic amines is 1. The lowest BCUT2D eigenvalue weighted by Gasteiger charge is -2.45. The zero-order valence-electron chi connectivity index (χ0n) is 15.0. The van der Waals surface area contributed by atoms with Crippen LogP contribution in [0.2, 0.25) is 0 Å². The van der Waals surface area contributed by atoms with E-state index in [-0.39, 0.29) is 17.4 Å². The van der Waals surface area contributed by atoms with Gasteiger partial charge in [-0.05, 0) is 57.9 Å². The SMILES string of the molecule is CN1CC(C(=O)NC(C)(C)C)CC2c3cccc4[nH]cc(c34)C[C@H]21. The minimum atomic E-state index is -0.174. The molecule has 4 nitrogen and oxygen atoms in total. The summed E-state index contributed by atoms with van der Waals surface area (Å²) in [4.78, 5) is 18.5. The molecule has 2 N–H and O–H groups in total. The number of carbonyl (C=O) groups is 1. The van der Waals surface area contributed by atoms with E-state index in [4.69, 9.17) is 0 Å². The van der Waals surface area contributed by atoms with Crippen LogP contribution < -0.4 is 5.32 Å². The molecule has 0 spiro atoms. The number of likely N-dealkylation sites (N-methyl/N-ethyl adjacent to an activating group) is 1. The highest BCUT2D eigenvalue weighted by Crippen LogP contribution is 2.44. The third-order valence-electron chi connectivity index (χ3n) is 5.59. The molecule has 1 aliphatic heterocycles. The predicted octanol–water partition coefficient (Wildman–Crippen LogP) is 3.04. The zero-order valence-corrected chi connectivity index (χ0v) is 15.0. The largest absolute Gasteiger partial charge is 0.361 e. The van der Waals surface area contributed by atoms with Crippen LogP contribution in [0.25, 0.3) is 10.9 Å². The molecular formula is C20H27N3O. The quantitative estimate of drug-likeness (QED) is 0.846. The summed E-state index contributed by atoms with van der Waals surface area (Å²) in [6, 6.07) is 7.05. The Bertz CT molecular complexity index is 786. The number of hydrogen-bond donors (Lipinski definition) is 2. The maximum Gasteiger partial charge on any atom is 0.224 e. The molecule has 4 rings (SSSR count). The van der Waals surface area contributed by atoms with Gasteiger partial charge in [-0.15, -0.1) is 0 Å². The molecule has 1 aromatic heterocycles. The number of benzene rings is 1. The molecule has 3 atom stereocenters. The molecule has 1 aromatic carbocycles. The molecule has 0 bridgehead atoms. The minimum absolute atomic E-state index is 0.0613. The average Bonchev–Trinajstić information content (AvgIpc) is 2.91. The smallest absolute Gasteiger partial charge is 0.224 e. The Morgan fingerprint density at radius 1 is 1.33 bits per heavy atom. The standard InChI is InChI=1S/C20H27N3O/c1-20(2,3)22-19(24)13-8-15-14-6-5-7-16-18(14)12(10-21-16)9-17(15)23(4)11-13/h5-7,10,13,15,17,21H,8-9,11H2,1-4H3,(H,22,24)/t13?,15?,17-/m1/s1. The molecule has 1 aliphatic carbocycles. The summed E-state index contributed by atoms with van der Waals surface area (Å²) in [5.41, 5.74) is 3.89. The van der Waals surface area contributed by atoms with Gasteiger partial charge in [-0.2, -0.15) is 0 Å². The highest BCUT2D eigenvalue weighted by molar-refractivity contribution is 5.88. The molecule has 1 amide bonds. The molecule has 2 unspecified atom stereocenters. The second-order valence-corrected chi connectivity index (χ2v) is 8.57. The number of nitrogens with one attached hydrogen (secondary N) is 2. The van der Waals surface area contributed by atoms with E-state index in [1.54, 1.807) is 0 Å². The van der Waals surface area contributed by atoms with Crippen LogP contribution in [0, 0.1) is 5.92 Å². The van der Waals surface area contributed by atoms with Crippen LogP contribution in [0.3, 0.4) is 0 Å². The van der Waals surface area contributed by atoms with E-state index in [0.717, 1.165) is 19.4 Å². The van der Waals surface area contributed by atoms with E-state index in [0.29, 0.717) is 12.0 Å². The first-order chi connectivity index (χ1) is 11.3. The average molecular weight is 325 g/mol. The molecule has 0 radical (unpaired) electrons. The molecule has 128 valence electrons. The van der Waals surface area contributed by atoms with Crippen molar-refractivity contribution in [3.8, 4) is 0 Å². The molecule has 2 aliphatic rings. The maximum absolute atomic E-state index is 12.7. The summed E-state index contributed by atoms with van der Waals surface area (Å²) >= 11 is 0. The van der Waals surface area contributed by atoms with Crippen LogP contribution in [0.1, 0.15) is 44.2 Å². The van der Waals surface area contributed by atoms with Crippen molar-refractivity contribution in [2.45, 2.75) is 51.1 Å². The van der Waals surface area contributed by atoms with Crippen LogP contribution in [0.4, 0.5) is 0 Å². The van der Waals surface area contributed by atoms with Gasteiger partial charge in [0.05, 0.1) is 5.92 Å². The van der Waals surface area contributed by atoms with E-state index < -0.39 is 0 Å². The number of piperidine rings is 1. The fourth-order valence-electron chi connectivity index (χ4n) is 4.60. The second-order valence-electron chi connectivity index (χ2n) is 8.57. The fourth-order valence-corrected chi connectivity index (χ4v) is 4.60. The third-order valence-corrected chi connectivity index (χ3v) is 5.59. The van der Waals surface area contributed by atoms with E-state index in [2.05, 4.69) is 46.6 Å². The highest BCUT2D eigenvalue weighted by Gasteiger charge is 2.41. The lowest BCUT2D eigenvalue weighted by atomic mass is 9.72. The molecule has 2 aromatic rings. The van der Waals surface area contributed by atoms with Gasteiger partial charge in [0.1, 0.15) is 0 Å². The molecule has 0 saturated carbocycles. The number of nitrogens with zero attached hydrogens (tertiary/aromatic N) is 1. The maximum atomic E-state index is 12.7. The summed E-state index contributed by atoms with van der Waals surface area (Å²) in [6.45, 7) is 6.99. The summed E-state index contributed by atoms with van der Waals surface area (Å²) in [6.07, 6.45) is 4.18. The number of likely N-dealkylation sites (tertiary alicyclic amines) is 1.